The molecule has 0 spiro atoms. The third-order valence-electron chi connectivity index (χ3n) is 3.05. The summed E-state index contributed by atoms with van der Waals surface area (Å²) >= 11 is 0. The molecule has 1 aromatic rings. The fourth-order valence-corrected chi connectivity index (χ4v) is 1.86. The Balaban J connectivity index is 2.79. The van der Waals surface area contributed by atoms with Crippen molar-refractivity contribution in [3.05, 3.63) is 35.1 Å². The topological polar surface area (TPSA) is 90.6 Å². The minimum absolute atomic E-state index is 0.0988. The van der Waals surface area contributed by atoms with Gasteiger partial charge in [-0.25, -0.2) is 4.39 Å². The Morgan fingerprint density at radius 2 is 2.05 bits per heavy atom. The van der Waals surface area contributed by atoms with E-state index in [-0.39, 0.29) is 18.2 Å². The predicted octanol–water partition coefficient (Wildman–Crippen LogP) is 1.15. The van der Waals surface area contributed by atoms with E-state index in [1.54, 1.807) is 13.0 Å². The lowest BCUT2D eigenvalue weighted by molar-refractivity contribution is -0.141. The number of carbonyl (C=O) groups is 2. The van der Waals surface area contributed by atoms with Gasteiger partial charge in [0.25, 0.3) is 5.91 Å². The molecule has 0 aliphatic heterocycles. The first-order valence-corrected chi connectivity index (χ1v) is 6.92. The molecule has 2 atom stereocenters. The summed E-state index contributed by atoms with van der Waals surface area (Å²) < 4.78 is 23.5. The van der Waals surface area contributed by atoms with Crippen molar-refractivity contribution in [2.24, 2.45) is 5.73 Å². The number of nitrogens with one attached hydrogen (secondary N) is 1. The number of ether oxygens (including phenoxy) is 2. The number of halogens is 1. The summed E-state index contributed by atoms with van der Waals surface area (Å²) in [6.45, 7) is 3.98. The van der Waals surface area contributed by atoms with Crippen LogP contribution in [-0.4, -0.2) is 38.2 Å². The van der Waals surface area contributed by atoms with Gasteiger partial charge in [0.15, 0.2) is 0 Å². The first-order valence-electron chi connectivity index (χ1n) is 6.92. The summed E-state index contributed by atoms with van der Waals surface area (Å²) in [4.78, 5) is 23.2. The van der Waals surface area contributed by atoms with Crippen LogP contribution in [0, 0.1) is 5.82 Å². The highest BCUT2D eigenvalue weighted by atomic mass is 19.1. The largest absolute Gasteiger partial charge is 0.468 e. The lowest BCUT2D eigenvalue weighted by Gasteiger charge is -2.14. The maximum Gasteiger partial charge on any atom is 0.324 e. The van der Waals surface area contributed by atoms with Gasteiger partial charge in [-0.05, 0) is 37.6 Å². The zero-order valence-electron chi connectivity index (χ0n) is 12.9. The van der Waals surface area contributed by atoms with Gasteiger partial charge in [0.05, 0.1) is 13.2 Å². The van der Waals surface area contributed by atoms with E-state index in [4.69, 9.17) is 10.5 Å². The van der Waals surface area contributed by atoms with Crippen molar-refractivity contribution in [1.82, 2.24) is 5.32 Å². The quantitative estimate of drug-likeness (QED) is 0.737. The van der Waals surface area contributed by atoms with Gasteiger partial charge in [0.1, 0.15) is 11.9 Å². The molecule has 0 saturated heterocycles. The highest BCUT2D eigenvalue weighted by Gasteiger charge is 2.17. The van der Waals surface area contributed by atoms with Crippen LogP contribution in [0.3, 0.4) is 0 Å². The molecule has 0 aromatic heterocycles. The number of esters is 1. The summed E-state index contributed by atoms with van der Waals surface area (Å²) in [5.74, 6) is -1.69. The van der Waals surface area contributed by atoms with Crippen molar-refractivity contribution in [3.8, 4) is 0 Å². The lowest BCUT2D eigenvalue weighted by atomic mass is 10.1. The van der Waals surface area contributed by atoms with E-state index >= 15 is 0 Å². The average molecular weight is 312 g/mol. The standard InChI is InChI=1S/C15H21FN2O4/c1-4-22-9(2)10-5-11(7-12(16)6-10)14(19)18-8-13(17)15(20)21-3/h5-7,9,13H,4,8,17H2,1-3H3,(H,18,19)/t9-,13+/m0/s1. The van der Waals surface area contributed by atoms with Crippen LogP contribution < -0.4 is 11.1 Å². The second-order valence-electron chi connectivity index (χ2n) is 4.71. The Morgan fingerprint density at radius 3 is 2.64 bits per heavy atom. The molecule has 1 aromatic carbocycles. The number of carbonyl (C=O) groups excluding carboxylic acids is 2. The van der Waals surface area contributed by atoms with Gasteiger partial charge in [-0.2, -0.15) is 0 Å². The molecule has 1 rings (SSSR count). The molecule has 122 valence electrons. The van der Waals surface area contributed by atoms with Crippen LogP contribution in [0.4, 0.5) is 4.39 Å². The molecule has 6 nitrogen and oxygen atoms in total. The lowest BCUT2D eigenvalue weighted by Crippen LogP contribution is -2.43. The average Bonchev–Trinajstić information content (AvgIpc) is 2.50. The van der Waals surface area contributed by atoms with E-state index in [9.17, 15) is 14.0 Å². The zero-order chi connectivity index (χ0) is 16.7. The number of hydrogen-bond donors (Lipinski definition) is 2. The normalized spacial score (nSPS) is 13.3. The van der Waals surface area contributed by atoms with Gasteiger partial charge in [-0.3, -0.25) is 9.59 Å². The van der Waals surface area contributed by atoms with Gasteiger partial charge < -0.3 is 20.5 Å². The van der Waals surface area contributed by atoms with Gasteiger partial charge >= 0.3 is 5.97 Å². The van der Waals surface area contributed by atoms with Crippen molar-refractivity contribution in [2.75, 3.05) is 20.3 Å². The molecule has 0 radical (unpaired) electrons. The summed E-state index contributed by atoms with van der Waals surface area (Å²) in [5.41, 5.74) is 6.22. The molecule has 0 fully saturated rings. The van der Waals surface area contributed by atoms with E-state index in [0.717, 1.165) is 6.07 Å². The Kier molecular flexibility index (Phi) is 6.94. The fraction of sp³-hybridized carbons (Fsp3) is 0.467. The van der Waals surface area contributed by atoms with Gasteiger partial charge in [0.2, 0.25) is 0 Å². The maximum atomic E-state index is 13.6. The Labute approximate surface area is 128 Å². The summed E-state index contributed by atoms with van der Waals surface area (Å²) in [6.07, 6.45) is -0.329. The summed E-state index contributed by atoms with van der Waals surface area (Å²) in [5, 5.41) is 2.47. The molecule has 0 saturated carbocycles. The third-order valence-corrected chi connectivity index (χ3v) is 3.05. The second kappa shape index (κ2) is 8.45. The van der Waals surface area contributed by atoms with Gasteiger partial charge in [-0.15, -0.1) is 0 Å². The number of benzene rings is 1. The molecule has 0 bridgehead atoms. The maximum absolute atomic E-state index is 13.6. The number of rotatable bonds is 7. The van der Waals surface area contributed by atoms with E-state index in [0.29, 0.717) is 12.2 Å². The predicted molar refractivity (Wildman–Crippen MR) is 78.8 cm³/mol. The number of hydrogen-bond acceptors (Lipinski definition) is 5. The molecule has 1 amide bonds. The number of amides is 1. The minimum atomic E-state index is -0.968. The van der Waals surface area contributed by atoms with E-state index in [1.165, 1.54) is 13.2 Å². The number of nitrogens with two attached hydrogens (primary N) is 1. The third kappa shape index (κ3) is 5.09. The highest BCUT2D eigenvalue weighted by molar-refractivity contribution is 5.94. The van der Waals surface area contributed by atoms with Crippen molar-refractivity contribution >= 4 is 11.9 Å². The molecule has 0 aliphatic rings. The molecule has 0 heterocycles. The van der Waals surface area contributed by atoms with Crippen molar-refractivity contribution in [2.45, 2.75) is 26.0 Å². The smallest absolute Gasteiger partial charge is 0.324 e. The van der Waals surface area contributed by atoms with Crippen molar-refractivity contribution < 1.29 is 23.5 Å². The molecule has 0 aliphatic carbocycles. The number of methoxy groups -OCH3 is 1. The van der Waals surface area contributed by atoms with Crippen LogP contribution >= 0.6 is 0 Å². The minimum Gasteiger partial charge on any atom is -0.468 e. The SMILES string of the molecule is CCO[C@@H](C)c1cc(F)cc(C(=O)NC[C@@H](N)C(=O)OC)c1. The zero-order valence-corrected chi connectivity index (χ0v) is 12.9. The van der Waals surface area contributed by atoms with Crippen molar-refractivity contribution in [3.63, 3.8) is 0 Å². The van der Waals surface area contributed by atoms with Crippen LogP contribution in [0.5, 0.6) is 0 Å². The molecule has 3 N–H and O–H groups in total. The molecule has 22 heavy (non-hydrogen) atoms. The molecular formula is C15H21FN2O4. The van der Waals surface area contributed by atoms with Crippen molar-refractivity contribution in [1.29, 1.82) is 0 Å². The van der Waals surface area contributed by atoms with Crippen LogP contribution in [0.2, 0.25) is 0 Å². The Morgan fingerprint density at radius 1 is 1.36 bits per heavy atom. The first-order chi connectivity index (χ1) is 10.4. The Bertz CT molecular complexity index is 536. The Hall–Kier alpha value is -1.99. The van der Waals surface area contributed by atoms with Crippen LogP contribution in [0.15, 0.2) is 18.2 Å². The first kappa shape index (κ1) is 18.1. The highest BCUT2D eigenvalue weighted by Crippen LogP contribution is 2.19. The van der Waals surface area contributed by atoms with Crippen LogP contribution in [0.25, 0.3) is 0 Å². The van der Waals surface area contributed by atoms with E-state index in [1.807, 2.05) is 6.92 Å². The summed E-state index contributed by atoms with van der Waals surface area (Å²) in [6, 6.07) is 3.00. The summed E-state index contributed by atoms with van der Waals surface area (Å²) in [7, 11) is 1.21. The fourth-order valence-electron chi connectivity index (χ4n) is 1.86. The van der Waals surface area contributed by atoms with Crippen LogP contribution in [0.1, 0.15) is 35.9 Å². The molecule has 0 unspecified atom stereocenters. The van der Waals surface area contributed by atoms with Gasteiger partial charge in [0, 0.05) is 18.7 Å². The van der Waals surface area contributed by atoms with Gasteiger partial charge in [-0.1, -0.05) is 0 Å². The van der Waals surface area contributed by atoms with E-state index in [2.05, 4.69) is 10.1 Å². The van der Waals surface area contributed by atoms with Crippen LogP contribution in [-0.2, 0) is 14.3 Å². The molecule has 7 heteroatoms. The molecular weight excluding hydrogens is 291 g/mol. The monoisotopic (exact) mass is 312 g/mol. The van der Waals surface area contributed by atoms with E-state index < -0.39 is 23.7 Å². The second-order valence-corrected chi connectivity index (χ2v) is 4.71.